The number of methoxy groups -OCH3 is 1. The average Bonchev–Trinajstić information content (AvgIpc) is 3.29. The summed E-state index contributed by atoms with van der Waals surface area (Å²) in [4.78, 5) is 44.5. The Morgan fingerprint density at radius 3 is 2.79 bits per heavy atom. The molecule has 0 atom stereocenters. The third kappa shape index (κ3) is 5.13. The number of aromatic nitrogens is 2. The van der Waals surface area contributed by atoms with E-state index in [9.17, 15) is 19.7 Å². The van der Waals surface area contributed by atoms with E-state index in [2.05, 4.69) is 5.32 Å². The van der Waals surface area contributed by atoms with Crippen LogP contribution >= 0.6 is 34.7 Å². The molecule has 2 heterocycles. The molecule has 1 amide bonds. The number of aryl methyl sites for hydroxylation is 3. The minimum atomic E-state index is -0.533. The van der Waals surface area contributed by atoms with Crippen LogP contribution in [0.4, 0.5) is 11.4 Å². The molecule has 0 fully saturated rings. The normalized spacial score (nSPS) is 12.8. The van der Waals surface area contributed by atoms with Crippen LogP contribution in [0.1, 0.15) is 34.4 Å². The zero-order valence-electron chi connectivity index (χ0n) is 21.5. The van der Waals surface area contributed by atoms with E-state index in [1.807, 2.05) is 13.0 Å². The van der Waals surface area contributed by atoms with Gasteiger partial charge in [-0.2, -0.15) is 0 Å². The first-order valence-corrected chi connectivity index (χ1v) is 14.5. The number of carbonyl (C=O) groups is 1. The number of hydrogen-bond donors (Lipinski definition) is 1. The number of nitro groups is 1. The predicted octanol–water partition coefficient (Wildman–Crippen LogP) is 6.24. The minimum absolute atomic E-state index is 0.0403. The summed E-state index contributed by atoms with van der Waals surface area (Å²) in [5.74, 6) is -0.345. The Kier molecular flexibility index (Phi) is 7.66. The number of carbonyl (C=O) groups excluding carboxylic acids is 1. The number of nitrogens with one attached hydrogen (secondary N) is 1. The summed E-state index contributed by atoms with van der Waals surface area (Å²) in [5.41, 5.74) is 3.03. The van der Waals surface area contributed by atoms with Crippen molar-refractivity contribution in [3.63, 3.8) is 0 Å². The van der Waals surface area contributed by atoms with E-state index in [-0.39, 0.29) is 28.7 Å². The summed E-state index contributed by atoms with van der Waals surface area (Å²) in [6.07, 6.45) is 3.93. The van der Waals surface area contributed by atoms with Gasteiger partial charge in [0.1, 0.15) is 4.83 Å². The Balaban J connectivity index is 1.51. The largest absolute Gasteiger partial charge is 0.490 e. The van der Waals surface area contributed by atoms with E-state index in [1.54, 1.807) is 35.0 Å². The average molecular weight is 585 g/mol. The molecule has 0 saturated carbocycles. The minimum Gasteiger partial charge on any atom is -0.490 e. The van der Waals surface area contributed by atoms with Crippen molar-refractivity contribution in [2.45, 2.75) is 44.7 Å². The Morgan fingerprint density at radius 2 is 2.05 bits per heavy atom. The van der Waals surface area contributed by atoms with Crippen LogP contribution in [0, 0.1) is 24.0 Å². The van der Waals surface area contributed by atoms with Crippen LogP contribution in [0.3, 0.4) is 0 Å². The maximum Gasteiger partial charge on any atom is 0.311 e. The van der Waals surface area contributed by atoms with Gasteiger partial charge in [-0.15, -0.1) is 11.3 Å². The lowest BCUT2D eigenvalue weighted by Gasteiger charge is -2.16. The highest BCUT2D eigenvalue weighted by atomic mass is 35.5. The van der Waals surface area contributed by atoms with Crippen molar-refractivity contribution < 1.29 is 14.5 Å². The van der Waals surface area contributed by atoms with Gasteiger partial charge >= 0.3 is 5.69 Å². The molecule has 39 heavy (non-hydrogen) atoms. The highest BCUT2D eigenvalue weighted by Gasteiger charge is 2.24. The standard InChI is InChI=1S/C27H25ClN4O5S2/c1-14-11-20(32(35)36)21(37-3)12-18(14)29-23(33)13-38-27-30-25-24(16-7-4-5-10-22(16)39-25)26(34)31(27)19-9-6-8-17(28)15(19)2/h6,8-9,11-12H,4-5,7,10,13H2,1-3H3,(H,29,33). The van der Waals surface area contributed by atoms with Crippen molar-refractivity contribution in [1.82, 2.24) is 9.55 Å². The van der Waals surface area contributed by atoms with Crippen molar-refractivity contribution in [1.29, 1.82) is 0 Å². The van der Waals surface area contributed by atoms with Gasteiger partial charge in [-0.3, -0.25) is 24.3 Å². The van der Waals surface area contributed by atoms with Gasteiger partial charge in [0, 0.05) is 27.7 Å². The Bertz CT molecular complexity index is 1700. The first kappa shape index (κ1) is 27.2. The number of hydrogen-bond acceptors (Lipinski definition) is 8. The number of benzene rings is 2. The number of ether oxygens (including phenoxy) is 1. The second-order valence-electron chi connectivity index (χ2n) is 9.24. The van der Waals surface area contributed by atoms with Crippen LogP contribution in [-0.4, -0.2) is 33.2 Å². The van der Waals surface area contributed by atoms with Crippen LogP contribution < -0.4 is 15.6 Å². The number of halogens is 1. The molecule has 1 aliphatic rings. The summed E-state index contributed by atoms with van der Waals surface area (Å²) >= 11 is 9.11. The van der Waals surface area contributed by atoms with Crippen LogP contribution in [0.5, 0.6) is 5.75 Å². The summed E-state index contributed by atoms with van der Waals surface area (Å²) in [7, 11) is 1.33. The van der Waals surface area contributed by atoms with Gasteiger partial charge in [-0.05, 0) is 68.4 Å². The molecule has 0 unspecified atom stereocenters. The summed E-state index contributed by atoms with van der Waals surface area (Å²) in [5, 5.41) is 15.7. The fourth-order valence-corrected chi connectivity index (χ4v) is 7.04. The van der Waals surface area contributed by atoms with Gasteiger partial charge in [-0.1, -0.05) is 29.4 Å². The van der Waals surface area contributed by atoms with E-state index in [1.165, 1.54) is 24.1 Å². The van der Waals surface area contributed by atoms with Crippen LogP contribution in [0.15, 0.2) is 40.3 Å². The molecule has 1 N–H and O–H groups in total. The molecule has 0 aliphatic heterocycles. The molecule has 2 aromatic carbocycles. The molecule has 4 aromatic rings. The second-order valence-corrected chi connectivity index (χ2v) is 11.7. The fourth-order valence-electron chi connectivity index (χ4n) is 4.76. The lowest BCUT2D eigenvalue weighted by molar-refractivity contribution is -0.385. The van der Waals surface area contributed by atoms with Crippen molar-refractivity contribution in [3.8, 4) is 11.4 Å². The molecule has 5 rings (SSSR count). The predicted molar refractivity (Wildman–Crippen MR) is 155 cm³/mol. The molecule has 0 bridgehead atoms. The van der Waals surface area contributed by atoms with E-state index < -0.39 is 4.92 Å². The molecular formula is C27H25ClN4O5S2. The van der Waals surface area contributed by atoms with Gasteiger partial charge in [-0.25, -0.2) is 4.98 Å². The summed E-state index contributed by atoms with van der Waals surface area (Å²) in [6, 6.07) is 8.17. The molecule has 0 spiro atoms. The molecule has 202 valence electrons. The molecule has 1 aliphatic carbocycles. The SMILES string of the molecule is COc1cc(NC(=O)CSc2nc3sc4c(c3c(=O)n2-c2cccc(Cl)c2C)CCCC4)c(C)cc1[N+](=O)[O-]. The van der Waals surface area contributed by atoms with Gasteiger partial charge in [0.15, 0.2) is 10.9 Å². The quantitative estimate of drug-likeness (QED) is 0.118. The number of nitro benzene ring substituents is 1. The third-order valence-corrected chi connectivity index (χ3v) is 9.30. The van der Waals surface area contributed by atoms with Crippen molar-refractivity contribution in [2.24, 2.45) is 0 Å². The number of thioether (sulfide) groups is 1. The van der Waals surface area contributed by atoms with Crippen LogP contribution in [-0.2, 0) is 17.6 Å². The van der Waals surface area contributed by atoms with Gasteiger partial charge in [0.05, 0.1) is 28.9 Å². The Labute approximate surface area is 237 Å². The topological polar surface area (TPSA) is 116 Å². The highest BCUT2D eigenvalue weighted by molar-refractivity contribution is 7.99. The summed E-state index contributed by atoms with van der Waals surface area (Å²) in [6.45, 7) is 3.52. The number of anilines is 1. The lowest BCUT2D eigenvalue weighted by Crippen LogP contribution is -2.24. The van der Waals surface area contributed by atoms with Crippen molar-refractivity contribution in [2.75, 3.05) is 18.2 Å². The molecule has 2 aromatic heterocycles. The third-order valence-electron chi connectivity index (χ3n) is 6.77. The molecule has 9 nitrogen and oxygen atoms in total. The molecule has 0 radical (unpaired) electrons. The van der Waals surface area contributed by atoms with Crippen molar-refractivity contribution >= 4 is 62.2 Å². The zero-order valence-corrected chi connectivity index (χ0v) is 23.9. The van der Waals surface area contributed by atoms with E-state index >= 15 is 0 Å². The van der Waals surface area contributed by atoms with Gasteiger partial charge in [0.2, 0.25) is 5.91 Å². The van der Waals surface area contributed by atoms with Gasteiger partial charge < -0.3 is 10.1 Å². The first-order chi connectivity index (χ1) is 18.7. The van der Waals surface area contributed by atoms with Crippen LogP contribution in [0.2, 0.25) is 5.02 Å². The monoisotopic (exact) mass is 584 g/mol. The van der Waals surface area contributed by atoms with E-state index in [0.29, 0.717) is 37.3 Å². The molecule has 0 saturated heterocycles. The zero-order chi connectivity index (χ0) is 27.8. The smallest absolute Gasteiger partial charge is 0.311 e. The number of fused-ring (bicyclic) bond motifs is 3. The maximum atomic E-state index is 14.0. The number of rotatable bonds is 7. The van der Waals surface area contributed by atoms with E-state index in [0.717, 1.165) is 48.6 Å². The second kappa shape index (κ2) is 11.0. The maximum absolute atomic E-state index is 14.0. The molecular weight excluding hydrogens is 560 g/mol. The Hall–Kier alpha value is -3.41. The first-order valence-electron chi connectivity index (χ1n) is 12.3. The van der Waals surface area contributed by atoms with E-state index in [4.69, 9.17) is 21.3 Å². The van der Waals surface area contributed by atoms with Crippen molar-refractivity contribution in [3.05, 3.63) is 77.4 Å². The Morgan fingerprint density at radius 1 is 1.28 bits per heavy atom. The van der Waals surface area contributed by atoms with Crippen LogP contribution in [0.25, 0.3) is 15.9 Å². The number of nitrogens with zero attached hydrogens (tertiary/aromatic N) is 3. The lowest BCUT2D eigenvalue weighted by atomic mass is 9.97. The number of amides is 1. The van der Waals surface area contributed by atoms with Gasteiger partial charge in [0.25, 0.3) is 5.56 Å². The fraction of sp³-hybridized carbons (Fsp3) is 0.296. The number of thiophene rings is 1. The summed E-state index contributed by atoms with van der Waals surface area (Å²) < 4.78 is 6.69. The highest BCUT2D eigenvalue weighted by Crippen LogP contribution is 2.36. The molecule has 12 heteroatoms.